The topological polar surface area (TPSA) is 33.2 Å². The van der Waals surface area contributed by atoms with Gasteiger partial charge in [0.05, 0.1) is 17.1 Å². The number of aromatic nitrogens is 1. The number of anilines is 1. The molecule has 0 amide bonds. The predicted octanol–water partition coefficient (Wildman–Crippen LogP) is 4.00. The molecule has 0 fully saturated rings. The van der Waals surface area contributed by atoms with Crippen molar-refractivity contribution in [2.45, 2.75) is 33.2 Å². The summed E-state index contributed by atoms with van der Waals surface area (Å²) in [5.74, 6) is 0. The second kappa shape index (κ2) is 6.82. The van der Waals surface area contributed by atoms with Gasteiger partial charge in [0.1, 0.15) is 0 Å². The van der Waals surface area contributed by atoms with Gasteiger partial charge in [-0.1, -0.05) is 30.7 Å². The van der Waals surface area contributed by atoms with Crippen LogP contribution in [0.1, 0.15) is 40.5 Å². The molecular formula is C14H18N2OS2. The Bertz CT molecular complexity index is 520. The summed E-state index contributed by atoms with van der Waals surface area (Å²) in [4.78, 5) is 20.1. The first-order valence-electron chi connectivity index (χ1n) is 6.50. The lowest BCUT2D eigenvalue weighted by Crippen LogP contribution is -2.21. The highest BCUT2D eigenvalue weighted by Gasteiger charge is 2.15. The summed E-state index contributed by atoms with van der Waals surface area (Å²) < 4.78 is 0. The van der Waals surface area contributed by atoms with E-state index in [1.807, 2.05) is 0 Å². The molecular weight excluding hydrogens is 276 g/mol. The Labute approximate surface area is 121 Å². The standard InChI is InChI=1S/C14H18N2OS2/c1-3-6-12-13(10-17)19-14(15-12)16(4-2)9-11-7-5-8-18-11/h5,7-8,10H,3-4,6,9H2,1-2H3. The minimum atomic E-state index is 0.779. The van der Waals surface area contributed by atoms with Gasteiger partial charge >= 0.3 is 0 Å². The van der Waals surface area contributed by atoms with Gasteiger partial charge in [-0.05, 0) is 24.8 Å². The van der Waals surface area contributed by atoms with Crippen LogP contribution in [0, 0.1) is 0 Å². The van der Waals surface area contributed by atoms with Crippen LogP contribution in [0.4, 0.5) is 5.13 Å². The largest absolute Gasteiger partial charge is 0.343 e. The fraction of sp³-hybridized carbons (Fsp3) is 0.429. The zero-order valence-electron chi connectivity index (χ0n) is 11.3. The third-order valence-corrected chi connectivity index (χ3v) is 4.83. The third kappa shape index (κ3) is 3.42. The van der Waals surface area contributed by atoms with Crippen LogP contribution in [0.2, 0.25) is 0 Å². The van der Waals surface area contributed by atoms with Crippen molar-refractivity contribution in [1.82, 2.24) is 4.98 Å². The number of thiazole rings is 1. The number of rotatable bonds is 7. The maximum absolute atomic E-state index is 11.1. The summed E-state index contributed by atoms with van der Waals surface area (Å²) in [5, 5.41) is 3.05. The highest BCUT2D eigenvalue weighted by atomic mass is 32.1. The van der Waals surface area contributed by atoms with Crippen LogP contribution in [0.15, 0.2) is 17.5 Å². The van der Waals surface area contributed by atoms with Crippen molar-refractivity contribution in [3.8, 4) is 0 Å². The highest BCUT2D eigenvalue weighted by molar-refractivity contribution is 7.17. The first kappa shape index (κ1) is 14.2. The lowest BCUT2D eigenvalue weighted by molar-refractivity contribution is 0.112. The Kier molecular flexibility index (Phi) is 5.10. The molecule has 0 atom stereocenters. The summed E-state index contributed by atoms with van der Waals surface area (Å²) in [6, 6.07) is 4.20. The smallest absolute Gasteiger partial charge is 0.186 e. The Morgan fingerprint density at radius 3 is 2.84 bits per heavy atom. The molecule has 0 saturated heterocycles. The van der Waals surface area contributed by atoms with Crippen molar-refractivity contribution < 1.29 is 4.79 Å². The molecule has 2 rings (SSSR count). The summed E-state index contributed by atoms with van der Waals surface area (Å²) >= 11 is 3.26. The molecule has 0 aromatic carbocycles. The molecule has 102 valence electrons. The van der Waals surface area contributed by atoms with Crippen LogP contribution in [0.3, 0.4) is 0 Å². The van der Waals surface area contributed by atoms with Crippen LogP contribution < -0.4 is 4.90 Å². The highest BCUT2D eigenvalue weighted by Crippen LogP contribution is 2.27. The minimum Gasteiger partial charge on any atom is -0.343 e. The van der Waals surface area contributed by atoms with Crippen molar-refractivity contribution in [2.75, 3.05) is 11.4 Å². The van der Waals surface area contributed by atoms with Gasteiger partial charge in [0.15, 0.2) is 11.4 Å². The maximum Gasteiger partial charge on any atom is 0.186 e. The van der Waals surface area contributed by atoms with Crippen molar-refractivity contribution in [1.29, 1.82) is 0 Å². The van der Waals surface area contributed by atoms with Gasteiger partial charge < -0.3 is 4.90 Å². The number of aldehydes is 1. The maximum atomic E-state index is 11.1. The average molecular weight is 294 g/mol. The molecule has 19 heavy (non-hydrogen) atoms. The monoisotopic (exact) mass is 294 g/mol. The lowest BCUT2D eigenvalue weighted by atomic mass is 10.2. The van der Waals surface area contributed by atoms with E-state index in [1.54, 1.807) is 11.3 Å². The quantitative estimate of drug-likeness (QED) is 0.724. The van der Waals surface area contributed by atoms with E-state index >= 15 is 0 Å². The molecule has 0 saturated carbocycles. The van der Waals surface area contributed by atoms with Gasteiger partial charge in [-0.15, -0.1) is 11.3 Å². The first-order valence-corrected chi connectivity index (χ1v) is 8.20. The Balaban J connectivity index is 2.20. The van der Waals surface area contributed by atoms with E-state index in [2.05, 4.69) is 41.2 Å². The Morgan fingerprint density at radius 1 is 1.42 bits per heavy atom. The van der Waals surface area contributed by atoms with Crippen LogP contribution >= 0.6 is 22.7 Å². The molecule has 2 aromatic heterocycles. The zero-order chi connectivity index (χ0) is 13.7. The van der Waals surface area contributed by atoms with E-state index in [9.17, 15) is 4.79 Å². The van der Waals surface area contributed by atoms with E-state index in [1.165, 1.54) is 16.2 Å². The summed E-state index contributed by atoms with van der Waals surface area (Å²) in [6.07, 6.45) is 2.83. The first-order chi connectivity index (χ1) is 9.28. The van der Waals surface area contributed by atoms with Crippen molar-refractivity contribution in [3.05, 3.63) is 33.0 Å². The molecule has 0 N–H and O–H groups in total. The molecule has 5 heteroatoms. The fourth-order valence-corrected chi connectivity index (χ4v) is 3.61. The summed E-state index contributed by atoms with van der Waals surface area (Å²) in [6.45, 7) is 5.99. The molecule has 0 bridgehead atoms. The van der Waals surface area contributed by atoms with Gasteiger partial charge in [0, 0.05) is 11.4 Å². The van der Waals surface area contributed by atoms with Crippen molar-refractivity contribution >= 4 is 34.1 Å². The molecule has 0 aliphatic heterocycles. The molecule has 3 nitrogen and oxygen atoms in total. The molecule has 2 heterocycles. The zero-order valence-corrected chi connectivity index (χ0v) is 12.9. The van der Waals surface area contributed by atoms with E-state index in [-0.39, 0.29) is 0 Å². The number of thiophene rings is 1. The number of hydrogen-bond acceptors (Lipinski definition) is 5. The van der Waals surface area contributed by atoms with E-state index in [4.69, 9.17) is 0 Å². The molecule has 2 aromatic rings. The molecule has 0 aliphatic rings. The Morgan fingerprint density at radius 2 is 2.26 bits per heavy atom. The van der Waals surface area contributed by atoms with Crippen LogP contribution in [-0.2, 0) is 13.0 Å². The number of aryl methyl sites for hydroxylation is 1. The number of nitrogens with zero attached hydrogens (tertiary/aromatic N) is 2. The van der Waals surface area contributed by atoms with Crippen LogP contribution in [-0.4, -0.2) is 17.8 Å². The Hall–Kier alpha value is -1.20. The fourth-order valence-electron chi connectivity index (χ4n) is 1.90. The second-order valence-electron chi connectivity index (χ2n) is 4.27. The number of carbonyl (C=O) groups excluding carboxylic acids is 1. The number of hydrogen-bond donors (Lipinski definition) is 0. The predicted molar refractivity (Wildman–Crippen MR) is 82.5 cm³/mol. The van der Waals surface area contributed by atoms with Gasteiger partial charge in [-0.3, -0.25) is 4.79 Å². The van der Waals surface area contributed by atoms with E-state index in [0.717, 1.165) is 47.9 Å². The van der Waals surface area contributed by atoms with Gasteiger partial charge in [-0.2, -0.15) is 0 Å². The van der Waals surface area contributed by atoms with E-state index in [0.29, 0.717) is 0 Å². The SMILES string of the molecule is CCCc1nc(N(CC)Cc2cccs2)sc1C=O. The molecule has 0 radical (unpaired) electrons. The third-order valence-electron chi connectivity index (χ3n) is 2.89. The normalized spacial score (nSPS) is 10.6. The van der Waals surface area contributed by atoms with Crippen molar-refractivity contribution in [3.63, 3.8) is 0 Å². The van der Waals surface area contributed by atoms with Crippen LogP contribution in [0.25, 0.3) is 0 Å². The van der Waals surface area contributed by atoms with Gasteiger partial charge in [0.2, 0.25) is 0 Å². The summed E-state index contributed by atoms with van der Waals surface area (Å²) in [7, 11) is 0. The molecule has 0 aliphatic carbocycles. The summed E-state index contributed by atoms with van der Waals surface area (Å²) in [5.41, 5.74) is 0.946. The van der Waals surface area contributed by atoms with Gasteiger partial charge in [0.25, 0.3) is 0 Å². The van der Waals surface area contributed by atoms with Crippen LogP contribution in [0.5, 0.6) is 0 Å². The molecule has 0 unspecified atom stereocenters. The molecule has 0 spiro atoms. The van der Waals surface area contributed by atoms with E-state index < -0.39 is 0 Å². The number of carbonyl (C=O) groups is 1. The van der Waals surface area contributed by atoms with Crippen molar-refractivity contribution in [2.24, 2.45) is 0 Å². The second-order valence-corrected chi connectivity index (χ2v) is 6.31. The van der Waals surface area contributed by atoms with Gasteiger partial charge in [-0.25, -0.2) is 4.98 Å². The average Bonchev–Trinajstić information content (AvgIpc) is 3.05. The minimum absolute atomic E-state index is 0.779. The lowest BCUT2D eigenvalue weighted by Gasteiger charge is -2.18.